The van der Waals surface area contributed by atoms with E-state index >= 15 is 0 Å². The molecule has 0 fully saturated rings. The summed E-state index contributed by atoms with van der Waals surface area (Å²) >= 11 is 12.0. The maximum Gasteiger partial charge on any atom is 0.311 e. The van der Waals surface area contributed by atoms with E-state index < -0.39 is 4.92 Å². The maximum atomic E-state index is 10.8. The normalized spacial score (nSPS) is 10.3. The van der Waals surface area contributed by atoms with Gasteiger partial charge in [0.15, 0.2) is 0 Å². The van der Waals surface area contributed by atoms with Crippen LogP contribution in [0.25, 0.3) is 11.3 Å². The Morgan fingerprint density at radius 2 is 1.90 bits per heavy atom. The number of hydrogen-bond acceptors (Lipinski definition) is 9. The molecule has 30 heavy (non-hydrogen) atoms. The van der Waals surface area contributed by atoms with Crippen molar-refractivity contribution in [2.45, 2.75) is 0 Å². The molecular formula is C18H14Cl2N8O2. The van der Waals surface area contributed by atoms with Crippen molar-refractivity contribution in [3.05, 3.63) is 62.3 Å². The third-order valence-corrected chi connectivity index (χ3v) is 4.65. The summed E-state index contributed by atoms with van der Waals surface area (Å²) < 4.78 is 0. The molecule has 2 aromatic heterocycles. The maximum absolute atomic E-state index is 10.8. The second-order valence-corrected chi connectivity index (χ2v) is 6.72. The van der Waals surface area contributed by atoms with Crippen molar-refractivity contribution in [1.29, 1.82) is 5.26 Å². The molecule has 3 rings (SSSR count). The summed E-state index contributed by atoms with van der Waals surface area (Å²) in [5.74, 6) is 0.546. The molecule has 1 aromatic carbocycles. The number of halogens is 2. The van der Waals surface area contributed by atoms with Crippen molar-refractivity contribution in [2.75, 3.05) is 29.5 Å². The Morgan fingerprint density at radius 3 is 2.57 bits per heavy atom. The first-order valence-corrected chi connectivity index (χ1v) is 9.26. The minimum absolute atomic E-state index is 0.167. The van der Waals surface area contributed by atoms with Crippen LogP contribution < -0.4 is 16.4 Å². The first-order valence-electron chi connectivity index (χ1n) is 8.50. The van der Waals surface area contributed by atoms with Gasteiger partial charge in [0.05, 0.1) is 32.4 Å². The Kier molecular flexibility index (Phi) is 6.46. The molecule has 0 aliphatic rings. The van der Waals surface area contributed by atoms with E-state index in [1.165, 1.54) is 18.3 Å². The van der Waals surface area contributed by atoms with E-state index in [1.54, 1.807) is 18.2 Å². The Morgan fingerprint density at radius 1 is 1.13 bits per heavy atom. The number of nitriles is 1. The zero-order valence-electron chi connectivity index (χ0n) is 15.3. The average molecular weight is 445 g/mol. The number of hydrogen-bond donors (Lipinski definition) is 3. The van der Waals surface area contributed by atoms with E-state index in [0.717, 1.165) is 0 Å². The average Bonchev–Trinajstić information content (AvgIpc) is 2.73. The van der Waals surface area contributed by atoms with Gasteiger partial charge in [-0.3, -0.25) is 10.1 Å². The lowest BCUT2D eigenvalue weighted by atomic mass is 10.1. The van der Waals surface area contributed by atoms with Crippen LogP contribution in [-0.2, 0) is 0 Å². The molecule has 0 aliphatic carbocycles. The molecule has 0 radical (unpaired) electrons. The topological polar surface area (TPSA) is 156 Å². The van der Waals surface area contributed by atoms with Gasteiger partial charge in [-0.15, -0.1) is 0 Å². The van der Waals surface area contributed by atoms with Gasteiger partial charge < -0.3 is 16.4 Å². The van der Waals surface area contributed by atoms with Gasteiger partial charge in [-0.1, -0.05) is 29.3 Å². The fraction of sp³-hybridized carbons (Fsp3) is 0.111. The van der Waals surface area contributed by atoms with Gasteiger partial charge in [0, 0.05) is 24.7 Å². The van der Waals surface area contributed by atoms with E-state index in [9.17, 15) is 15.4 Å². The second kappa shape index (κ2) is 9.21. The first-order chi connectivity index (χ1) is 14.4. The number of nitro groups is 1. The molecule has 0 amide bonds. The van der Waals surface area contributed by atoms with E-state index in [0.29, 0.717) is 51.7 Å². The third kappa shape index (κ3) is 4.83. The number of rotatable bonds is 7. The molecule has 0 spiro atoms. The minimum atomic E-state index is -0.596. The summed E-state index contributed by atoms with van der Waals surface area (Å²) in [7, 11) is 0. The molecule has 2 heterocycles. The molecule has 12 heteroatoms. The zero-order valence-corrected chi connectivity index (χ0v) is 16.8. The Balaban J connectivity index is 1.66. The second-order valence-electron chi connectivity index (χ2n) is 5.91. The van der Waals surface area contributed by atoms with Crippen molar-refractivity contribution < 1.29 is 4.92 Å². The molecule has 10 nitrogen and oxygen atoms in total. The number of nitrogens with two attached hydrogens (primary N) is 1. The summed E-state index contributed by atoms with van der Waals surface area (Å²) in [5, 5.41) is 26.9. The molecule has 4 N–H and O–H groups in total. The van der Waals surface area contributed by atoms with Gasteiger partial charge in [-0.05, 0) is 18.2 Å². The molecule has 3 aromatic rings. The SMILES string of the molecule is N#Cc1cnc(NCCNc2ccc([N+](=O)[O-])c(N)n2)nc1-c1ccc(Cl)c(Cl)c1. The largest absolute Gasteiger partial charge is 0.378 e. The standard InChI is InChI=1S/C18H14Cl2N8O2/c19-12-2-1-10(7-13(12)20)16-11(8-21)9-25-18(27-16)24-6-5-23-15-4-3-14(28(29)30)17(22)26-15/h1-4,7,9H,5-6H2,(H3,22,23,26)(H,24,25,27). The summed E-state index contributed by atoms with van der Waals surface area (Å²) in [6, 6.07) is 9.77. The highest BCUT2D eigenvalue weighted by atomic mass is 35.5. The summed E-state index contributed by atoms with van der Waals surface area (Å²) in [4.78, 5) is 22.6. The van der Waals surface area contributed by atoms with E-state index in [1.807, 2.05) is 0 Å². The number of nitrogens with zero attached hydrogens (tertiary/aromatic N) is 5. The fourth-order valence-corrected chi connectivity index (χ4v) is 2.80. The molecule has 0 aliphatic heterocycles. The van der Waals surface area contributed by atoms with Crippen LogP contribution in [0.1, 0.15) is 5.56 Å². The first kappa shape index (κ1) is 21.0. The molecule has 0 bridgehead atoms. The van der Waals surface area contributed by atoms with Gasteiger partial charge in [-0.25, -0.2) is 15.0 Å². The van der Waals surface area contributed by atoms with Crippen LogP contribution in [0.4, 0.5) is 23.3 Å². The molecule has 0 saturated heterocycles. The molecular weight excluding hydrogens is 431 g/mol. The highest BCUT2D eigenvalue weighted by Crippen LogP contribution is 2.29. The van der Waals surface area contributed by atoms with Crippen LogP contribution in [0.5, 0.6) is 0 Å². The number of anilines is 3. The van der Waals surface area contributed by atoms with Gasteiger partial charge in [0.1, 0.15) is 11.9 Å². The summed E-state index contributed by atoms with van der Waals surface area (Å²) in [6.07, 6.45) is 1.42. The monoisotopic (exact) mass is 444 g/mol. The smallest absolute Gasteiger partial charge is 0.311 e. The third-order valence-electron chi connectivity index (χ3n) is 3.92. The molecule has 152 valence electrons. The Labute approximate surface area is 180 Å². The Bertz CT molecular complexity index is 1150. The van der Waals surface area contributed by atoms with Crippen LogP contribution in [0.3, 0.4) is 0 Å². The van der Waals surface area contributed by atoms with Crippen LogP contribution in [0.2, 0.25) is 10.0 Å². The number of aromatic nitrogens is 3. The number of benzene rings is 1. The quantitative estimate of drug-likeness (QED) is 0.280. The predicted octanol–water partition coefficient (Wildman–Crippen LogP) is 3.73. The number of nitrogen functional groups attached to an aromatic ring is 1. The van der Waals surface area contributed by atoms with E-state index in [-0.39, 0.29) is 11.5 Å². The molecule has 0 unspecified atom stereocenters. The van der Waals surface area contributed by atoms with Crippen LogP contribution in [-0.4, -0.2) is 33.0 Å². The summed E-state index contributed by atoms with van der Waals surface area (Å²) in [6.45, 7) is 0.820. The fourth-order valence-electron chi connectivity index (χ4n) is 2.50. The van der Waals surface area contributed by atoms with Crippen LogP contribution in [0.15, 0.2) is 36.5 Å². The summed E-state index contributed by atoms with van der Waals surface area (Å²) in [5.41, 5.74) is 6.66. The van der Waals surface area contributed by atoms with E-state index in [2.05, 4.69) is 31.7 Å². The van der Waals surface area contributed by atoms with Crippen LogP contribution in [0, 0.1) is 21.4 Å². The highest BCUT2D eigenvalue weighted by Gasteiger charge is 2.13. The van der Waals surface area contributed by atoms with Gasteiger partial charge in [0.25, 0.3) is 0 Å². The van der Waals surface area contributed by atoms with Crippen molar-refractivity contribution in [2.24, 2.45) is 0 Å². The van der Waals surface area contributed by atoms with Crippen LogP contribution >= 0.6 is 23.2 Å². The van der Waals surface area contributed by atoms with E-state index in [4.69, 9.17) is 28.9 Å². The van der Waals surface area contributed by atoms with Crippen molar-refractivity contribution in [3.8, 4) is 17.3 Å². The molecule has 0 saturated carbocycles. The Hall–Kier alpha value is -3.68. The van der Waals surface area contributed by atoms with Crippen molar-refractivity contribution in [1.82, 2.24) is 15.0 Å². The van der Waals surface area contributed by atoms with Gasteiger partial charge in [0.2, 0.25) is 11.8 Å². The number of nitrogens with one attached hydrogen (secondary N) is 2. The van der Waals surface area contributed by atoms with Crippen molar-refractivity contribution >= 4 is 46.5 Å². The highest BCUT2D eigenvalue weighted by molar-refractivity contribution is 6.42. The predicted molar refractivity (Wildman–Crippen MR) is 114 cm³/mol. The lowest BCUT2D eigenvalue weighted by Crippen LogP contribution is -2.16. The molecule has 0 atom stereocenters. The van der Waals surface area contributed by atoms with Gasteiger partial charge >= 0.3 is 5.69 Å². The number of pyridine rings is 1. The lowest BCUT2D eigenvalue weighted by Gasteiger charge is -2.10. The lowest BCUT2D eigenvalue weighted by molar-refractivity contribution is -0.384. The zero-order chi connectivity index (χ0) is 21.7. The van der Waals surface area contributed by atoms with Gasteiger partial charge in [-0.2, -0.15) is 5.26 Å². The van der Waals surface area contributed by atoms with Crippen molar-refractivity contribution in [3.63, 3.8) is 0 Å². The minimum Gasteiger partial charge on any atom is -0.378 e.